The molecule has 0 amide bonds. The number of rotatable bonds is 2. The molecule has 2 aromatic rings. The zero-order valence-corrected chi connectivity index (χ0v) is 13.0. The Hall–Kier alpha value is -2.43. The van der Waals surface area contributed by atoms with Gasteiger partial charge in [0.15, 0.2) is 0 Å². The number of benzene rings is 2. The van der Waals surface area contributed by atoms with Gasteiger partial charge in [0, 0.05) is 11.6 Å². The van der Waals surface area contributed by atoms with Crippen LogP contribution in [-0.4, -0.2) is 12.6 Å². The number of fused-ring (bicyclic) bond motifs is 2. The van der Waals surface area contributed by atoms with Crippen LogP contribution in [-0.2, 0) is 17.6 Å². The number of esters is 1. The summed E-state index contributed by atoms with van der Waals surface area (Å²) in [5.41, 5.74) is 2.29. The Bertz CT molecular complexity index is 816. The van der Waals surface area contributed by atoms with Gasteiger partial charge in [-0.15, -0.1) is 0 Å². The lowest BCUT2D eigenvalue weighted by Gasteiger charge is -2.18. The first-order valence-corrected chi connectivity index (χ1v) is 8.06. The molecule has 0 radical (unpaired) electrons. The van der Waals surface area contributed by atoms with Crippen molar-refractivity contribution < 1.29 is 23.0 Å². The van der Waals surface area contributed by atoms with E-state index in [9.17, 15) is 13.6 Å². The van der Waals surface area contributed by atoms with Crippen molar-refractivity contribution in [2.24, 2.45) is 0 Å². The van der Waals surface area contributed by atoms with Crippen molar-refractivity contribution in [3.05, 3.63) is 64.2 Å². The van der Waals surface area contributed by atoms with Gasteiger partial charge in [-0.25, -0.2) is 13.6 Å². The van der Waals surface area contributed by atoms with Crippen LogP contribution in [0.25, 0.3) is 0 Å². The Morgan fingerprint density at radius 1 is 1.17 bits per heavy atom. The third-order valence-corrected chi connectivity index (χ3v) is 4.59. The van der Waals surface area contributed by atoms with Crippen LogP contribution < -0.4 is 4.74 Å². The molecular weight excluding hydrogens is 314 g/mol. The maximum absolute atomic E-state index is 13.8. The van der Waals surface area contributed by atoms with Crippen LogP contribution in [0.3, 0.4) is 0 Å². The zero-order valence-electron chi connectivity index (χ0n) is 13.0. The van der Waals surface area contributed by atoms with Crippen molar-refractivity contribution >= 4 is 5.97 Å². The number of hydrogen-bond donors (Lipinski definition) is 0. The van der Waals surface area contributed by atoms with Crippen LogP contribution in [0, 0.1) is 11.6 Å². The summed E-state index contributed by atoms with van der Waals surface area (Å²) in [6.07, 6.45) is 2.08. The Morgan fingerprint density at radius 3 is 2.92 bits per heavy atom. The Balaban J connectivity index is 1.56. The lowest BCUT2D eigenvalue weighted by Crippen LogP contribution is -2.13. The van der Waals surface area contributed by atoms with Crippen molar-refractivity contribution in [2.45, 2.75) is 31.8 Å². The van der Waals surface area contributed by atoms with Crippen molar-refractivity contribution in [2.75, 3.05) is 6.61 Å². The molecule has 1 unspecified atom stereocenters. The van der Waals surface area contributed by atoms with E-state index < -0.39 is 23.7 Å². The normalized spacial score (nSPS) is 18.5. The highest BCUT2D eigenvalue weighted by molar-refractivity contribution is 5.90. The molecule has 1 heterocycles. The minimum absolute atomic E-state index is 0.433. The first-order valence-electron chi connectivity index (χ1n) is 8.06. The van der Waals surface area contributed by atoms with Crippen molar-refractivity contribution in [1.29, 1.82) is 0 Å². The summed E-state index contributed by atoms with van der Waals surface area (Å²) in [6.45, 7) is 0.687. The van der Waals surface area contributed by atoms with Gasteiger partial charge in [-0.05, 0) is 61.1 Å². The summed E-state index contributed by atoms with van der Waals surface area (Å²) in [5.74, 6) is -0.909. The molecule has 24 heavy (non-hydrogen) atoms. The molecule has 0 saturated carbocycles. The molecule has 4 rings (SSSR count). The smallest absolute Gasteiger partial charge is 0.338 e. The zero-order chi connectivity index (χ0) is 16.7. The summed E-state index contributed by atoms with van der Waals surface area (Å²) in [5, 5.41) is 0. The van der Waals surface area contributed by atoms with E-state index in [2.05, 4.69) is 0 Å². The lowest BCUT2D eigenvalue weighted by molar-refractivity contribution is 0.0300. The number of carbonyl (C=O) groups excluding carboxylic acids is 1. The number of aryl methyl sites for hydroxylation is 1. The first kappa shape index (κ1) is 15.1. The highest BCUT2D eigenvalue weighted by Gasteiger charge is 2.29. The fourth-order valence-corrected chi connectivity index (χ4v) is 3.41. The molecule has 0 saturated heterocycles. The standard InChI is InChI=1S/C19H16F2O3/c20-13-9-15-14(16(21)10-13)4-6-18(15)24-19(22)12-3-5-17-11(8-12)2-1-7-23-17/h3,5,8-10,18H,1-2,4,6-7H2. The van der Waals surface area contributed by atoms with Crippen LogP contribution in [0.5, 0.6) is 5.75 Å². The van der Waals surface area contributed by atoms with Gasteiger partial charge in [0.1, 0.15) is 23.5 Å². The van der Waals surface area contributed by atoms with Gasteiger partial charge in [0.05, 0.1) is 12.2 Å². The van der Waals surface area contributed by atoms with Gasteiger partial charge >= 0.3 is 5.97 Å². The van der Waals surface area contributed by atoms with Crippen LogP contribution >= 0.6 is 0 Å². The second kappa shape index (κ2) is 5.89. The molecule has 1 atom stereocenters. The van der Waals surface area contributed by atoms with Gasteiger partial charge < -0.3 is 9.47 Å². The number of hydrogen-bond acceptors (Lipinski definition) is 3. The van der Waals surface area contributed by atoms with E-state index in [1.165, 1.54) is 6.07 Å². The SMILES string of the molecule is O=C(OC1CCc2c(F)cc(F)cc21)c1ccc2c(c1)CCCO2. The van der Waals surface area contributed by atoms with Gasteiger partial charge in [0.25, 0.3) is 0 Å². The van der Waals surface area contributed by atoms with Gasteiger partial charge in [0.2, 0.25) is 0 Å². The molecule has 0 N–H and O–H groups in total. The molecule has 1 aliphatic carbocycles. The Kier molecular flexibility index (Phi) is 3.71. The summed E-state index contributed by atoms with van der Waals surface area (Å²) < 4.78 is 38.3. The van der Waals surface area contributed by atoms with E-state index in [-0.39, 0.29) is 0 Å². The van der Waals surface area contributed by atoms with Gasteiger partial charge in [-0.2, -0.15) is 0 Å². The molecule has 5 heteroatoms. The molecule has 2 aromatic carbocycles. The number of ether oxygens (including phenoxy) is 2. The van der Waals surface area contributed by atoms with Crippen LogP contribution in [0.15, 0.2) is 30.3 Å². The molecule has 2 aliphatic rings. The Labute approximate surface area is 138 Å². The minimum Gasteiger partial charge on any atom is -0.493 e. The van der Waals surface area contributed by atoms with Gasteiger partial charge in [-0.3, -0.25) is 0 Å². The quantitative estimate of drug-likeness (QED) is 0.777. The average molecular weight is 330 g/mol. The monoisotopic (exact) mass is 330 g/mol. The predicted octanol–water partition coefficient (Wildman–Crippen LogP) is 4.13. The molecule has 0 spiro atoms. The van der Waals surface area contributed by atoms with Gasteiger partial charge in [-0.1, -0.05) is 0 Å². The van der Waals surface area contributed by atoms with Crippen LogP contribution in [0.1, 0.15) is 46.0 Å². The van der Waals surface area contributed by atoms with Crippen molar-refractivity contribution in [1.82, 2.24) is 0 Å². The lowest BCUT2D eigenvalue weighted by atomic mass is 10.0. The van der Waals surface area contributed by atoms with Crippen molar-refractivity contribution in [3.8, 4) is 5.75 Å². The average Bonchev–Trinajstić information content (AvgIpc) is 2.97. The number of halogens is 2. The fraction of sp³-hybridized carbons (Fsp3) is 0.316. The summed E-state index contributed by atoms with van der Waals surface area (Å²) in [7, 11) is 0. The molecule has 0 fully saturated rings. The van der Waals surface area contributed by atoms with Crippen molar-refractivity contribution in [3.63, 3.8) is 0 Å². The van der Waals surface area contributed by atoms with Crippen LogP contribution in [0.4, 0.5) is 8.78 Å². The molecule has 0 bridgehead atoms. The first-order chi connectivity index (χ1) is 11.6. The van der Waals surface area contributed by atoms with E-state index in [0.717, 1.165) is 30.2 Å². The van der Waals surface area contributed by atoms with E-state index in [4.69, 9.17) is 9.47 Å². The summed E-state index contributed by atoms with van der Waals surface area (Å²) in [6, 6.07) is 7.33. The molecular formula is C19H16F2O3. The topological polar surface area (TPSA) is 35.5 Å². The third kappa shape index (κ3) is 2.64. The second-order valence-corrected chi connectivity index (χ2v) is 6.16. The minimum atomic E-state index is -0.653. The molecule has 124 valence electrons. The summed E-state index contributed by atoms with van der Waals surface area (Å²) >= 11 is 0. The second-order valence-electron chi connectivity index (χ2n) is 6.16. The van der Waals surface area contributed by atoms with E-state index in [0.29, 0.717) is 36.1 Å². The maximum atomic E-state index is 13.8. The van der Waals surface area contributed by atoms with E-state index in [1.54, 1.807) is 18.2 Å². The molecule has 3 nitrogen and oxygen atoms in total. The van der Waals surface area contributed by atoms with E-state index in [1.807, 2.05) is 0 Å². The molecule has 1 aliphatic heterocycles. The Morgan fingerprint density at radius 2 is 2.04 bits per heavy atom. The van der Waals surface area contributed by atoms with Crippen LogP contribution in [0.2, 0.25) is 0 Å². The maximum Gasteiger partial charge on any atom is 0.338 e. The summed E-state index contributed by atoms with van der Waals surface area (Å²) in [4.78, 5) is 12.4. The largest absolute Gasteiger partial charge is 0.493 e. The predicted molar refractivity (Wildman–Crippen MR) is 83.1 cm³/mol. The molecule has 0 aromatic heterocycles. The fourth-order valence-electron chi connectivity index (χ4n) is 3.41. The van der Waals surface area contributed by atoms with E-state index >= 15 is 0 Å². The highest BCUT2D eigenvalue weighted by Crippen LogP contribution is 2.37. The third-order valence-electron chi connectivity index (χ3n) is 4.59. The highest BCUT2D eigenvalue weighted by atomic mass is 19.1. The number of carbonyl (C=O) groups is 1.